The molecule has 76 valence electrons. The Morgan fingerprint density at radius 1 is 1.27 bits per heavy atom. The molecular weight excluding hydrogens is 216 g/mol. The molecule has 1 aromatic rings. The first-order valence-electron chi connectivity index (χ1n) is 4.05. The lowest BCUT2D eigenvalue weighted by molar-refractivity contribution is 0.0528. The van der Waals surface area contributed by atoms with Crippen LogP contribution in [0.3, 0.4) is 0 Å². The predicted molar refractivity (Wildman–Crippen MR) is 52.7 cm³/mol. The third-order valence-electron chi connectivity index (χ3n) is 1.88. The Hall–Kier alpha value is -1.59. The number of halogens is 1. The van der Waals surface area contributed by atoms with E-state index >= 15 is 0 Å². The van der Waals surface area contributed by atoms with Crippen LogP contribution in [0.2, 0.25) is 5.02 Å². The van der Waals surface area contributed by atoms with Gasteiger partial charge in [-0.3, -0.25) is 0 Å². The highest BCUT2D eigenvalue weighted by molar-refractivity contribution is 6.31. The summed E-state index contributed by atoms with van der Waals surface area (Å²) in [6.07, 6.45) is -2.90. The molecule has 0 heterocycles. The smallest absolute Gasteiger partial charge is 0.170 e. The summed E-state index contributed by atoms with van der Waals surface area (Å²) in [4.78, 5) is 0. The summed E-state index contributed by atoms with van der Waals surface area (Å²) in [5.41, 5.74) is 0.576. The van der Waals surface area contributed by atoms with E-state index in [0.29, 0.717) is 5.56 Å². The van der Waals surface area contributed by atoms with Crippen molar-refractivity contribution in [3.05, 3.63) is 34.3 Å². The first kappa shape index (κ1) is 11.5. The molecule has 0 amide bonds. The minimum absolute atomic E-state index is 0.149. The van der Waals surface area contributed by atoms with Crippen LogP contribution in [0.4, 0.5) is 0 Å². The average Bonchev–Trinajstić information content (AvgIpc) is 2.26. The highest BCUT2D eigenvalue weighted by atomic mass is 35.5. The third-order valence-corrected chi connectivity index (χ3v) is 2.21. The quantitative estimate of drug-likeness (QED) is 0.735. The second kappa shape index (κ2) is 4.77. The monoisotopic (exact) mass is 222 g/mol. The molecule has 2 atom stereocenters. The minimum Gasteiger partial charge on any atom is -0.384 e. The van der Waals surface area contributed by atoms with Crippen molar-refractivity contribution < 1.29 is 10.2 Å². The number of hydrogen-bond acceptors (Lipinski definition) is 4. The molecule has 0 spiro atoms. The Bertz CT molecular complexity index is 448. The lowest BCUT2D eigenvalue weighted by atomic mass is 10.0. The highest BCUT2D eigenvalue weighted by Gasteiger charge is 2.20. The summed E-state index contributed by atoms with van der Waals surface area (Å²) in [6, 6.07) is 7.61. The Balaban J connectivity index is 3.08. The van der Waals surface area contributed by atoms with Gasteiger partial charge in [0.2, 0.25) is 0 Å². The zero-order valence-electron chi connectivity index (χ0n) is 7.55. The van der Waals surface area contributed by atoms with Crippen molar-refractivity contribution in [2.45, 2.75) is 12.2 Å². The number of rotatable bonds is 2. The van der Waals surface area contributed by atoms with Gasteiger partial charge < -0.3 is 10.2 Å². The van der Waals surface area contributed by atoms with E-state index in [4.69, 9.17) is 27.2 Å². The van der Waals surface area contributed by atoms with Gasteiger partial charge in [0, 0.05) is 10.6 Å². The molecule has 1 rings (SSSR count). The van der Waals surface area contributed by atoms with Crippen LogP contribution in [0.15, 0.2) is 18.2 Å². The topological polar surface area (TPSA) is 88.0 Å². The van der Waals surface area contributed by atoms with Crippen molar-refractivity contribution in [3.63, 3.8) is 0 Å². The van der Waals surface area contributed by atoms with Crippen molar-refractivity contribution in [3.8, 4) is 12.1 Å². The van der Waals surface area contributed by atoms with E-state index in [9.17, 15) is 5.11 Å². The fourth-order valence-electron chi connectivity index (χ4n) is 1.08. The molecule has 2 N–H and O–H groups in total. The molecule has 15 heavy (non-hydrogen) atoms. The molecule has 0 saturated heterocycles. The van der Waals surface area contributed by atoms with Gasteiger partial charge in [0.15, 0.2) is 6.10 Å². The van der Waals surface area contributed by atoms with E-state index in [1.165, 1.54) is 24.3 Å². The van der Waals surface area contributed by atoms with E-state index in [1.807, 2.05) is 6.07 Å². The molecule has 4 nitrogen and oxygen atoms in total. The van der Waals surface area contributed by atoms with E-state index in [0.717, 1.165) is 0 Å². The average molecular weight is 223 g/mol. The Labute approximate surface area is 91.6 Å². The minimum atomic E-state index is -1.53. The maximum atomic E-state index is 9.49. The van der Waals surface area contributed by atoms with Crippen LogP contribution in [0, 0.1) is 22.7 Å². The molecule has 0 aliphatic heterocycles. The fourth-order valence-corrected chi connectivity index (χ4v) is 1.37. The Kier molecular flexibility index (Phi) is 3.65. The summed E-state index contributed by atoms with van der Waals surface area (Å²) < 4.78 is 0. The van der Waals surface area contributed by atoms with Crippen LogP contribution < -0.4 is 0 Å². The van der Waals surface area contributed by atoms with Crippen LogP contribution in [-0.2, 0) is 0 Å². The molecule has 0 radical (unpaired) electrons. The van der Waals surface area contributed by atoms with Crippen molar-refractivity contribution in [2.75, 3.05) is 0 Å². The molecule has 5 heteroatoms. The predicted octanol–water partition coefficient (Wildman–Crippen LogP) is 1.13. The Morgan fingerprint density at radius 2 is 1.93 bits per heavy atom. The van der Waals surface area contributed by atoms with Gasteiger partial charge in [-0.2, -0.15) is 10.5 Å². The third kappa shape index (κ3) is 2.45. The van der Waals surface area contributed by atoms with Gasteiger partial charge in [-0.25, -0.2) is 0 Å². The summed E-state index contributed by atoms with van der Waals surface area (Å²) >= 11 is 5.77. The van der Waals surface area contributed by atoms with Gasteiger partial charge in [0.05, 0.1) is 17.7 Å². The van der Waals surface area contributed by atoms with Crippen LogP contribution in [-0.4, -0.2) is 16.3 Å². The van der Waals surface area contributed by atoms with Crippen LogP contribution in [0.25, 0.3) is 0 Å². The summed E-state index contributed by atoms with van der Waals surface area (Å²) in [7, 11) is 0. The summed E-state index contributed by atoms with van der Waals surface area (Å²) in [5.74, 6) is 0. The molecule has 0 aromatic heterocycles. The van der Waals surface area contributed by atoms with E-state index in [1.54, 1.807) is 0 Å². The van der Waals surface area contributed by atoms with Gasteiger partial charge >= 0.3 is 0 Å². The van der Waals surface area contributed by atoms with Crippen molar-refractivity contribution in [2.24, 2.45) is 0 Å². The molecule has 0 saturated carbocycles. The zero-order chi connectivity index (χ0) is 11.4. The maximum absolute atomic E-state index is 9.49. The maximum Gasteiger partial charge on any atom is 0.170 e. The first-order chi connectivity index (χ1) is 7.10. The zero-order valence-corrected chi connectivity index (χ0v) is 8.31. The molecule has 0 fully saturated rings. The van der Waals surface area contributed by atoms with Crippen molar-refractivity contribution in [1.82, 2.24) is 0 Å². The summed E-state index contributed by atoms with van der Waals surface area (Å²) in [6.45, 7) is 0. The molecule has 2 unspecified atom stereocenters. The Morgan fingerprint density at radius 3 is 2.40 bits per heavy atom. The van der Waals surface area contributed by atoms with Gasteiger partial charge in [-0.1, -0.05) is 17.7 Å². The molecule has 0 bridgehead atoms. The van der Waals surface area contributed by atoms with Gasteiger partial charge in [0.1, 0.15) is 6.10 Å². The van der Waals surface area contributed by atoms with Crippen LogP contribution in [0.5, 0.6) is 0 Å². The van der Waals surface area contributed by atoms with Crippen molar-refractivity contribution in [1.29, 1.82) is 10.5 Å². The SMILES string of the molecule is N#Cc1ccc(C(O)C(O)C#N)c(Cl)c1. The number of benzene rings is 1. The van der Waals surface area contributed by atoms with Gasteiger partial charge in [-0.15, -0.1) is 0 Å². The molecule has 0 aliphatic carbocycles. The van der Waals surface area contributed by atoms with Gasteiger partial charge in [-0.05, 0) is 12.1 Å². The number of nitriles is 2. The normalized spacial score (nSPS) is 13.7. The summed E-state index contributed by atoms with van der Waals surface area (Å²) in [5, 5.41) is 35.7. The standard InChI is InChI=1S/C10H7ClN2O2/c11-8-3-6(4-12)1-2-7(8)10(15)9(14)5-13/h1-3,9-10,14-15H. The first-order valence-corrected chi connectivity index (χ1v) is 4.43. The van der Waals surface area contributed by atoms with Crippen LogP contribution >= 0.6 is 11.6 Å². The highest BCUT2D eigenvalue weighted by Crippen LogP contribution is 2.26. The fraction of sp³-hybridized carbons (Fsp3) is 0.200. The molecule has 0 aliphatic rings. The number of nitrogens with zero attached hydrogens (tertiary/aromatic N) is 2. The number of hydrogen-bond donors (Lipinski definition) is 2. The molecule has 1 aromatic carbocycles. The second-order valence-corrected chi connectivity index (χ2v) is 3.27. The van der Waals surface area contributed by atoms with Crippen molar-refractivity contribution >= 4 is 11.6 Å². The largest absolute Gasteiger partial charge is 0.384 e. The van der Waals surface area contributed by atoms with Crippen LogP contribution in [0.1, 0.15) is 17.2 Å². The van der Waals surface area contributed by atoms with E-state index in [2.05, 4.69) is 0 Å². The molecular formula is C10H7ClN2O2. The second-order valence-electron chi connectivity index (χ2n) is 2.87. The lowest BCUT2D eigenvalue weighted by Crippen LogP contribution is -2.16. The lowest BCUT2D eigenvalue weighted by Gasteiger charge is -2.13. The van der Waals surface area contributed by atoms with E-state index in [-0.39, 0.29) is 10.6 Å². The number of aliphatic hydroxyl groups excluding tert-OH is 2. The van der Waals surface area contributed by atoms with Gasteiger partial charge in [0.25, 0.3) is 0 Å². The van der Waals surface area contributed by atoms with E-state index < -0.39 is 12.2 Å². The number of aliphatic hydroxyl groups is 2.